The van der Waals surface area contributed by atoms with E-state index in [2.05, 4.69) is 11.4 Å². The molecule has 0 saturated carbocycles. The first-order valence-corrected chi connectivity index (χ1v) is 6.71. The van der Waals surface area contributed by atoms with Gasteiger partial charge in [0.25, 0.3) is 0 Å². The molecule has 2 aromatic rings. The number of aliphatic hydroxyl groups excluding tert-OH is 1. The molecule has 0 aliphatic carbocycles. The van der Waals surface area contributed by atoms with Crippen LogP contribution in [0.4, 0.5) is 10.1 Å². The molecule has 96 valence electrons. The highest BCUT2D eigenvalue weighted by atomic mass is 32.1. The van der Waals surface area contributed by atoms with Crippen molar-refractivity contribution in [3.05, 3.63) is 52.0 Å². The summed E-state index contributed by atoms with van der Waals surface area (Å²) in [6.07, 6.45) is 0.955. The van der Waals surface area contributed by atoms with Crippen molar-refractivity contribution in [2.45, 2.75) is 13.0 Å². The Kier molecular flexibility index (Phi) is 4.33. The Morgan fingerprint density at radius 2 is 2.17 bits per heavy atom. The van der Waals surface area contributed by atoms with Crippen LogP contribution in [0.15, 0.2) is 35.7 Å². The highest BCUT2D eigenvalue weighted by Crippen LogP contribution is 2.21. The fourth-order valence-electron chi connectivity index (χ4n) is 1.91. The molecule has 18 heavy (non-hydrogen) atoms. The SMILES string of the molecule is CN(CCc1cccs1)c1ccc(F)cc1CO. The summed E-state index contributed by atoms with van der Waals surface area (Å²) in [4.78, 5) is 3.37. The average Bonchev–Trinajstić information content (AvgIpc) is 2.88. The second-order valence-electron chi connectivity index (χ2n) is 4.18. The summed E-state index contributed by atoms with van der Waals surface area (Å²) in [6.45, 7) is 0.704. The van der Waals surface area contributed by atoms with E-state index in [0.717, 1.165) is 18.7 Å². The van der Waals surface area contributed by atoms with Gasteiger partial charge in [0.05, 0.1) is 6.61 Å². The summed E-state index contributed by atoms with van der Waals surface area (Å²) in [5, 5.41) is 11.3. The van der Waals surface area contributed by atoms with Crippen LogP contribution in [-0.4, -0.2) is 18.7 Å². The molecule has 1 heterocycles. The molecule has 1 aromatic heterocycles. The predicted octanol–water partition coefficient (Wildman–Crippen LogP) is 3.06. The van der Waals surface area contributed by atoms with E-state index in [9.17, 15) is 9.50 Å². The van der Waals surface area contributed by atoms with Gasteiger partial charge in [-0.1, -0.05) is 6.07 Å². The monoisotopic (exact) mass is 265 g/mol. The van der Waals surface area contributed by atoms with Gasteiger partial charge >= 0.3 is 0 Å². The van der Waals surface area contributed by atoms with Crippen molar-refractivity contribution < 1.29 is 9.50 Å². The number of nitrogens with zero attached hydrogens (tertiary/aromatic N) is 1. The van der Waals surface area contributed by atoms with Crippen LogP contribution in [0.3, 0.4) is 0 Å². The Labute approximate surface area is 110 Å². The molecule has 1 N–H and O–H groups in total. The molecule has 2 nitrogen and oxygen atoms in total. The molecule has 0 aliphatic rings. The molecule has 0 saturated heterocycles. The van der Waals surface area contributed by atoms with Crippen LogP contribution in [0.25, 0.3) is 0 Å². The van der Waals surface area contributed by atoms with Gasteiger partial charge in [-0.05, 0) is 36.1 Å². The van der Waals surface area contributed by atoms with Crippen LogP contribution in [0.2, 0.25) is 0 Å². The van der Waals surface area contributed by atoms with E-state index >= 15 is 0 Å². The lowest BCUT2D eigenvalue weighted by Crippen LogP contribution is -2.21. The van der Waals surface area contributed by atoms with E-state index in [4.69, 9.17) is 0 Å². The van der Waals surface area contributed by atoms with Gasteiger partial charge in [-0.25, -0.2) is 4.39 Å². The second-order valence-corrected chi connectivity index (χ2v) is 5.21. The lowest BCUT2D eigenvalue weighted by atomic mass is 10.1. The zero-order valence-corrected chi connectivity index (χ0v) is 11.1. The van der Waals surface area contributed by atoms with Crippen molar-refractivity contribution in [3.8, 4) is 0 Å². The van der Waals surface area contributed by atoms with Gasteiger partial charge in [0.15, 0.2) is 0 Å². The van der Waals surface area contributed by atoms with Crippen LogP contribution in [0, 0.1) is 5.82 Å². The zero-order chi connectivity index (χ0) is 13.0. The molecule has 0 atom stereocenters. The van der Waals surface area contributed by atoms with Gasteiger partial charge in [-0.15, -0.1) is 11.3 Å². The van der Waals surface area contributed by atoms with Crippen molar-refractivity contribution >= 4 is 17.0 Å². The van der Waals surface area contributed by atoms with Gasteiger partial charge in [0.1, 0.15) is 5.82 Å². The summed E-state index contributed by atoms with van der Waals surface area (Å²) in [6, 6.07) is 8.68. The molecule has 2 rings (SSSR count). The van der Waals surface area contributed by atoms with Crippen molar-refractivity contribution in [2.75, 3.05) is 18.5 Å². The number of likely N-dealkylation sites (N-methyl/N-ethyl adjacent to an activating group) is 1. The summed E-state index contributed by atoms with van der Waals surface area (Å²) in [7, 11) is 1.96. The topological polar surface area (TPSA) is 23.5 Å². The van der Waals surface area contributed by atoms with E-state index in [0.29, 0.717) is 5.56 Å². The van der Waals surface area contributed by atoms with E-state index in [1.54, 1.807) is 17.4 Å². The summed E-state index contributed by atoms with van der Waals surface area (Å²) < 4.78 is 13.1. The fourth-order valence-corrected chi connectivity index (χ4v) is 2.60. The Bertz CT molecular complexity index is 499. The molecule has 0 aliphatic heterocycles. The number of benzene rings is 1. The lowest BCUT2D eigenvalue weighted by molar-refractivity contribution is 0.281. The number of halogens is 1. The van der Waals surface area contributed by atoms with E-state index in [1.807, 2.05) is 18.0 Å². The number of hydrogen-bond acceptors (Lipinski definition) is 3. The highest BCUT2D eigenvalue weighted by molar-refractivity contribution is 7.09. The normalized spacial score (nSPS) is 10.6. The van der Waals surface area contributed by atoms with E-state index in [-0.39, 0.29) is 12.4 Å². The fraction of sp³-hybridized carbons (Fsp3) is 0.286. The average molecular weight is 265 g/mol. The van der Waals surface area contributed by atoms with Crippen molar-refractivity contribution in [1.82, 2.24) is 0 Å². The maximum Gasteiger partial charge on any atom is 0.123 e. The molecule has 0 fully saturated rings. The largest absolute Gasteiger partial charge is 0.392 e. The van der Waals surface area contributed by atoms with Crippen LogP contribution in [0.5, 0.6) is 0 Å². The van der Waals surface area contributed by atoms with Gasteiger partial charge in [-0.2, -0.15) is 0 Å². The van der Waals surface area contributed by atoms with Crippen molar-refractivity contribution in [3.63, 3.8) is 0 Å². The Morgan fingerprint density at radius 3 is 2.83 bits per heavy atom. The van der Waals surface area contributed by atoms with Crippen LogP contribution in [0.1, 0.15) is 10.4 Å². The first-order chi connectivity index (χ1) is 8.70. The van der Waals surface area contributed by atoms with Crippen LogP contribution in [-0.2, 0) is 13.0 Å². The maximum absolute atomic E-state index is 13.1. The van der Waals surface area contributed by atoms with Gasteiger partial charge in [0.2, 0.25) is 0 Å². The Morgan fingerprint density at radius 1 is 1.33 bits per heavy atom. The quantitative estimate of drug-likeness (QED) is 0.898. The molecule has 0 unspecified atom stereocenters. The summed E-state index contributed by atoms with van der Waals surface area (Å²) in [5.74, 6) is -0.311. The first-order valence-electron chi connectivity index (χ1n) is 5.83. The van der Waals surface area contributed by atoms with Crippen molar-refractivity contribution in [2.24, 2.45) is 0 Å². The number of anilines is 1. The van der Waals surface area contributed by atoms with Crippen molar-refractivity contribution in [1.29, 1.82) is 0 Å². The van der Waals surface area contributed by atoms with Gasteiger partial charge < -0.3 is 10.0 Å². The summed E-state index contributed by atoms with van der Waals surface area (Å²) >= 11 is 1.74. The minimum absolute atomic E-state index is 0.142. The standard InChI is InChI=1S/C14H16FNOS/c1-16(7-6-13-3-2-8-18-13)14-5-4-12(15)9-11(14)10-17/h2-5,8-9,17H,6-7,10H2,1H3. The molecular formula is C14H16FNOS. The van der Waals surface area contributed by atoms with Crippen LogP contribution < -0.4 is 4.90 Å². The van der Waals surface area contributed by atoms with Crippen LogP contribution >= 0.6 is 11.3 Å². The first kappa shape index (κ1) is 13.1. The number of thiophene rings is 1. The number of rotatable bonds is 5. The highest BCUT2D eigenvalue weighted by Gasteiger charge is 2.08. The smallest absolute Gasteiger partial charge is 0.123 e. The third-order valence-corrected chi connectivity index (χ3v) is 3.83. The zero-order valence-electron chi connectivity index (χ0n) is 10.3. The molecule has 0 spiro atoms. The molecule has 1 aromatic carbocycles. The predicted molar refractivity (Wildman–Crippen MR) is 73.6 cm³/mol. The minimum Gasteiger partial charge on any atom is -0.392 e. The Hall–Kier alpha value is -1.39. The van der Waals surface area contributed by atoms with Gasteiger partial charge in [-0.3, -0.25) is 0 Å². The Balaban J connectivity index is 2.06. The molecule has 0 amide bonds. The van der Waals surface area contributed by atoms with E-state index < -0.39 is 0 Å². The lowest BCUT2D eigenvalue weighted by Gasteiger charge is -2.21. The molecular weight excluding hydrogens is 249 g/mol. The molecule has 0 bridgehead atoms. The third-order valence-electron chi connectivity index (χ3n) is 2.90. The molecule has 0 radical (unpaired) electrons. The number of aliphatic hydroxyl groups is 1. The van der Waals surface area contributed by atoms with Gasteiger partial charge in [0, 0.05) is 29.7 Å². The second kappa shape index (κ2) is 5.98. The molecule has 4 heteroatoms. The maximum atomic E-state index is 13.1. The number of hydrogen-bond donors (Lipinski definition) is 1. The van der Waals surface area contributed by atoms with E-state index in [1.165, 1.54) is 17.0 Å². The minimum atomic E-state index is -0.311. The third kappa shape index (κ3) is 3.09. The summed E-state index contributed by atoms with van der Waals surface area (Å²) in [5.41, 5.74) is 1.51.